The Morgan fingerprint density at radius 3 is 1.56 bits per heavy atom. The first-order chi connectivity index (χ1) is 18.9. The molecule has 0 bridgehead atoms. The summed E-state index contributed by atoms with van der Waals surface area (Å²) in [5.74, 6) is 0. The van der Waals surface area contributed by atoms with Crippen molar-refractivity contribution in [3.8, 4) is 17.2 Å². The van der Waals surface area contributed by atoms with Gasteiger partial charge in [-0.05, 0) is 76.9 Å². The van der Waals surface area contributed by atoms with E-state index in [1.165, 1.54) is 12.1 Å². The Balaban J connectivity index is 1.39. The zero-order chi connectivity index (χ0) is 27.2. The van der Waals surface area contributed by atoms with Gasteiger partial charge < -0.3 is 4.90 Å². The number of allylic oxidation sites excluding steroid dienone is 1. The van der Waals surface area contributed by atoms with Gasteiger partial charge >= 0.3 is 0 Å². The average Bonchev–Trinajstić information content (AvgIpc) is 2.98. The van der Waals surface area contributed by atoms with E-state index >= 15 is 0 Å². The van der Waals surface area contributed by atoms with Gasteiger partial charge in [0, 0.05) is 17.1 Å². The third-order valence-electron chi connectivity index (χ3n) is 6.32. The summed E-state index contributed by atoms with van der Waals surface area (Å²) < 4.78 is 23.0. The van der Waals surface area contributed by atoms with Crippen molar-refractivity contribution in [2.45, 2.75) is 4.90 Å². The highest BCUT2D eigenvalue weighted by Crippen LogP contribution is 2.34. The van der Waals surface area contributed by atoms with E-state index in [9.17, 15) is 13.7 Å². The third-order valence-corrected chi connectivity index (χ3v) is 7.25. The molecule has 5 aromatic carbocycles. The summed E-state index contributed by atoms with van der Waals surface area (Å²) in [6.45, 7) is 0. The molecule has 0 heterocycles. The molecule has 0 spiro atoms. The topological polar surface area (TPSA) is 87.2 Å². The van der Waals surface area contributed by atoms with Crippen molar-refractivity contribution in [2.75, 3.05) is 4.90 Å². The predicted octanol–water partition coefficient (Wildman–Crippen LogP) is 7.53. The Labute approximate surface area is 228 Å². The number of para-hydroxylation sites is 2. The van der Waals surface area contributed by atoms with Crippen LogP contribution >= 0.6 is 0 Å². The fourth-order valence-corrected chi connectivity index (χ4v) is 4.86. The lowest BCUT2D eigenvalue weighted by molar-refractivity contribution is 0.598. The molecular formula is C33H25N3O2S. The molecule has 5 aromatic rings. The van der Waals surface area contributed by atoms with Crippen LogP contribution in [-0.4, -0.2) is 8.42 Å². The van der Waals surface area contributed by atoms with Crippen LogP contribution in [-0.2, 0) is 10.0 Å². The molecule has 5 rings (SSSR count). The molecule has 39 heavy (non-hydrogen) atoms. The molecule has 0 saturated heterocycles. The van der Waals surface area contributed by atoms with E-state index < -0.39 is 10.0 Å². The number of nitrogens with two attached hydrogens (primary N) is 1. The van der Waals surface area contributed by atoms with Crippen LogP contribution < -0.4 is 10.0 Å². The number of hydrogen-bond donors (Lipinski definition) is 1. The predicted molar refractivity (Wildman–Crippen MR) is 158 cm³/mol. The monoisotopic (exact) mass is 527 g/mol. The lowest BCUT2D eigenvalue weighted by Gasteiger charge is -2.25. The van der Waals surface area contributed by atoms with E-state index in [2.05, 4.69) is 47.4 Å². The van der Waals surface area contributed by atoms with Crippen molar-refractivity contribution in [1.82, 2.24) is 0 Å². The minimum Gasteiger partial charge on any atom is -0.311 e. The number of benzene rings is 5. The van der Waals surface area contributed by atoms with E-state index in [0.717, 1.165) is 39.3 Å². The fourth-order valence-electron chi connectivity index (χ4n) is 4.35. The van der Waals surface area contributed by atoms with Crippen LogP contribution in [0, 0.1) is 11.3 Å². The Bertz CT molecular complexity index is 1700. The summed E-state index contributed by atoms with van der Waals surface area (Å²) in [6.07, 6.45) is 1.87. The highest BCUT2D eigenvalue weighted by atomic mass is 32.2. The molecule has 0 unspecified atom stereocenters. The Morgan fingerprint density at radius 1 is 0.641 bits per heavy atom. The Hall–Kier alpha value is -4.96. The van der Waals surface area contributed by atoms with Crippen LogP contribution in [0.4, 0.5) is 17.1 Å². The Morgan fingerprint density at radius 2 is 1.10 bits per heavy atom. The van der Waals surface area contributed by atoms with Crippen molar-refractivity contribution < 1.29 is 8.42 Å². The summed E-state index contributed by atoms with van der Waals surface area (Å²) in [5, 5.41) is 15.1. The van der Waals surface area contributed by atoms with Crippen LogP contribution in [0.5, 0.6) is 0 Å². The maximum atomic E-state index is 11.5. The van der Waals surface area contributed by atoms with Crippen LogP contribution in [0.2, 0.25) is 0 Å². The SMILES string of the molecule is N#C/C(=C/c1ccc(N(c2ccccc2)c2ccccc2)cc1)c1ccc(-c2ccc(S(N)(=O)=O)cc2)cc1. The summed E-state index contributed by atoms with van der Waals surface area (Å²) in [5.41, 5.74) is 7.15. The number of anilines is 3. The van der Waals surface area contributed by atoms with Gasteiger partial charge in [-0.3, -0.25) is 0 Å². The van der Waals surface area contributed by atoms with Crippen molar-refractivity contribution in [2.24, 2.45) is 5.14 Å². The minimum absolute atomic E-state index is 0.0687. The highest BCUT2D eigenvalue weighted by molar-refractivity contribution is 7.89. The molecule has 0 amide bonds. The van der Waals surface area contributed by atoms with Gasteiger partial charge in [0.05, 0.1) is 16.5 Å². The molecule has 0 aliphatic heterocycles. The zero-order valence-electron chi connectivity index (χ0n) is 21.0. The van der Waals surface area contributed by atoms with Gasteiger partial charge in [-0.15, -0.1) is 0 Å². The maximum absolute atomic E-state index is 11.5. The van der Waals surface area contributed by atoms with E-state index in [0.29, 0.717) is 5.57 Å². The molecule has 0 aliphatic carbocycles. The number of hydrogen-bond acceptors (Lipinski definition) is 4. The highest BCUT2D eigenvalue weighted by Gasteiger charge is 2.12. The lowest BCUT2D eigenvalue weighted by atomic mass is 9.99. The van der Waals surface area contributed by atoms with E-state index in [-0.39, 0.29) is 4.90 Å². The molecule has 0 fully saturated rings. The molecule has 0 aromatic heterocycles. The van der Waals surface area contributed by atoms with Crippen molar-refractivity contribution >= 4 is 38.7 Å². The van der Waals surface area contributed by atoms with Crippen molar-refractivity contribution in [3.63, 3.8) is 0 Å². The Kier molecular flexibility index (Phi) is 7.37. The molecular weight excluding hydrogens is 502 g/mol. The minimum atomic E-state index is -3.74. The summed E-state index contributed by atoms with van der Waals surface area (Å²) in [4.78, 5) is 2.26. The first-order valence-electron chi connectivity index (χ1n) is 12.3. The van der Waals surface area contributed by atoms with Crippen LogP contribution in [0.15, 0.2) is 138 Å². The van der Waals surface area contributed by atoms with E-state index in [1.807, 2.05) is 78.9 Å². The molecule has 5 nitrogen and oxygen atoms in total. The number of nitrogens with zero attached hydrogens (tertiary/aromatic N) is 2. The van der Waals surface area contributed by atoms with Gasteiger partial charge in [-0.25, -0.2) is 13.6 Å². The van der Waals surface area contributed by atoms with Crippen LogP contribution in [0.3, 0.4) is 0 Å². The number of sulfonamides is 1. The maximum Gasteiger partial charge on any atom is 0.238 e. The first-order valence-corrected chi connectivity index (χ1v) is 13.8. The molecule has 2 N–H and O–H groups in total. The lowest BCUT2D eigenvalue weighted by Crippen LogP contribution is -2.11. The normalized spacial score (nSPS) is 11.5. The molecule has 0 aliphatic rings. The van der Waals surface area contributed by atoms with E-state index in [1.54, 1.807) is 12.1 Å². The third kappa shape index (κ3) is 5.97. The second-order valence-electron chi connectivity index (χ2n) is 8.91. The van der Waals surface area contributed by atoms with Gasteiger partial charge in [0.1, 0.15) is 0 Å². The number of nitriles is 1. The summed E-state index contributed by atoms with van der Waals surface area (Å²) in [7, 11) is -3.74. The van der Waals surface area contributed by atoms with Crippen LogP contribution in [0.25, 0.3) is 22.8 Å². The van der Waals surface area contributed by atoms with Gasteiger partial charge in [0.15, 0.2) is 0 Å². The van der Waals surface area contributed by atoms with Crippen LogP contribution in [0.1, 0.15) is 11.1 Å². The molecule has 6 heteroatoms. The molecule has 0 saturated carbocycles. The second kappa shape index (κ2) is 11.2. The van der Waals surface area contributed by atoms with Gasteiger partial charge in [0.25, 0.3) is 0 Å². The number of primary sulfonamides is 1. The molecule has 0 atom stereocenters. The van der Waals surface area contributed by atoms with Gasteiger partial charge in [-0.1, -0.05) is 84.9 Å². The molecule has 0 radical (unpaired) electrons. The fraction of sp³-hybridized carbons (Fsp3) is 0. The smallest absolute Gasteiger partial charge is 0.238 e. The van der Waals surface area contributed by atoms with Crippen molar-refractivity contribution in [1.29, 1.82) is 5.26 Å². The molecule has 190 valence electrons. The second-order valence-corrected chi connectivity index (χ2v) is 10.5. The quantitative estimate of drug-likeness (QED) is 0.175. The zero-order valence-corrected chi connectivity index (χ0v) is 21.8. The van der Waals surface area contributed by atoms with Gasteiger partial charge in [0.2, 0.25) is 10.0 Å². The van der Waals surface area contributed by atoms with E-state index in [4.69, 9.17) is 5.14 Å². The number of rotatable bonds is 7. The summed E-state index contributed by atoms with van der Waals surface area (Å²) >= 11 is 0. The first kappa shape index (κ1) is 25.7. The van der Waals surface area contributed by atoms with Gasteiger partial charge in [-0.2, -0.15) is 5.26 Å². The average molecular weight is 528 g/mol. The van der Waals surface area contributed by atoms with Crippen molar-refractivity contribution in [3.05, 3.63) is 145 Å². The summed E-state index contributed by atoms with van der Waals surface area (Å²) in [6, 6.07) is 44.8. The standard InChI is InChI=1S/C33H25N3O2S/c34-24-29(28-15-13-26(14-16-28)27-17-21-33(22-18-27)39(35,37)38)23-25-11-19-32(20-12-25)36(30-7-3-1-4-8-30)31-9-5-2-6-10-31/h1-23H,(H2,35,37,38)/b29-23-. The largest absolute Gasteiger partial charge is 0.311 e.